The van der Waals surface area contributed by atoms with E-state index in [1.54, 1.807) is 6.92 Å². The van der Waals surface area contributed by atoms with Crippen LogP contribution in [0, 0.1) is 0 Å². The molecule has 4 N–H and O–H groups in total. The molecule has 0 atom stereocenters. The maximum absolute atomic E-state index is 11.8. The molecular weight excluding hydrogens is 310 g/mol. The highest BCUT2D eigenvalue weighted by molar-refractivity contribution is 7.90. The number of nitrogens with one attached hydrogen (secondary N) is 3. The lowest BCUT2D eigenvalue weighted by Gasteiger charge is -2.06. The van der Waals surface area contributed by atoms with Gasteiger partial charge >= 0.3 is 5.97 Å². The molecule has 9 nitrogen and oxygen atoms in total. The standard InChI is InChI=1S/C9H15N3O6S2/c1-2-11-19(15,16)4-3-12-20(17,18)7-5-8(9(13)14)10-6-7/h5-6,10-12H,2-4H2,1H3,(H,13,14). The van der Waals surface area contributed by atoms with Gasteiger partial charge in [0.1, 0.15) is 10.6 Å². The monoisotopic (exact) mass is 325 g/mol. The van der Waals surface area contributed by atoms with E-state index in [1.807, 2.05) is 0 Å². The summed E-state index contributed by atoms with van der Waals surface area (Å²) < 4.78 is 50.5. The number of hydrogen-bond acceptors (Lipinski definition) is 5. The molecule has 1 rings (SSSR count). The molecule has 20 heavy (non-hydrogen) atoms. The quantitative estimate of drug-likeness (QED) is 0.479. The van der Waals surface area contributed by atoms with E-state index >= 15 is 0 Å². The Balaban J connectivity index is 2.68. The minimum atomic E-state index is -3.95. The summed E-state index contributed by atoms with van der Waals surface area (Å²) in [5.41, 5.74) is -0.273. The lowest BCUT2D eigenvalue weighted by molar-refractivity contribution is 0.0691. The Hall–Kier alpha value is -1.43. The van der Waals surface area contributed by atoms with Gasteiger partial charge in [-0.05, 0) is 6.07 Å². The van der Waals surface area contributed by atoms with Crippen molar-refractivity contribution < 1.29 is 26.7 Å². The van der Waals surface area contributed by atoms with E-state index in [0.29, 0.717) is 0 Å². The molecule has 0 aliphatic rings. The fourth-order valence-electron chi connectivity index (χ4n) is 1.34. The Labute approximate surface area is 116 Å². The van der Waals surface area contributed by atoms with Crippen molar-refractivity contribution >= 4 is 26.0 Å². The van der Waals surface area contributed by atoms with Gasteiger partial charge in [-0.15, -0.1) is 0 Å². The molecule has 0 radical (unpaired) electrons. The average molecular weight is 325 g/mol. The van der Waals surface area contributed by atoms with Gasteiger partial charge in [0.25, 0.3) is 0 Å². The van der Waals surface area contributed by atoms with Crippen LogP contribution in [0.1, 0.15) is 17.4 Å². The van der Waals surface area contributed by atoms with Crippen LogP contribution in [0.4, 0.5) is 0 Å². The van der Waals surface area contributed by atoms with Gasteiger partial charge in [-0.1, -0.05) is 6.92 Å². The number of carboxylic acid groups (broad SMARTS) is 1. The highest BCUT2D eigenvalue weighted by Crippen LogP contribution is 2.10. The summed E-state index contributed by atoms with van der Waals surface area (Å²) in [7, 11) is -7.47. The van der Waals surface area contributed by atoms with Crippen LogP contribution >= 0.6 is 0 Å². The van der Waals surface area contributed by atoms with Crippen molar-refractivity contribution in [2.45, 2.75) is 11.8 Å². The fourth-order valence-corrected chi connectivity index (χ4v) is 3.45. The number of aromatic carboxylic acids is 1. The van der Waals surface area contributed by atoms with Crippen molar-refractivity contribution in [1.29, 1.82) is 0 Å². The average Bonchev–Trinajstić information content (AvgIpc) is 2.77. The number of carboxylic acids is 1. The van der Waals surface area contributed by atoms with Crippen LogP contribution in [0.15, 0.2) is 17.2 Å². The number of carbonyl (C=O) groups is 1. The second-order valence-corrected chi connectivity index (χ2v) is 7.46. The van der Waals surface area contributed by atoms with E-state index in [2.05, 4.69) is 14.4 Å². The van der Waals surface area contributed by atoms with Gasteiger partial charge < -0.3 is 10.1 Å². The first-order valence-electron chi connectivity index (χ1n) is 5.56. The molecular formula is C9H15N3O6S2. The number of hydrogen-bond donors (Lipinski definition) is 4. The van der Waals surface area contributed by atoms with Crippen molar-refractivity contribution in [2.24, 2.45) is 0 Å². The highest BCUT2D eigenvalue weighted by Gasteiger charge is 2.19. The molecule has 0 spiro atoms. The van der Waals surface area contributed by atoms with Crippen LogP contribution in [-0.2, 0) is 20.0 Å². The third kappa shape index (κ3) is 4.59. The summed E-state index contributed by atoms with van der Waals surface area (Å²) >= 11 is 0. The van der Waals surface area contributed by atoms with Gasteiger partial charge in [0, 0.05) is 19.3 Å². The summed E-state index contributed by atoms with van der Waals surface area (Å²) in [5.74, 6) is -1.70. The number of aromatic nitrogens is 1. The molecule has 114 valence electrons. The summed E-state index contributed by atoms with van der Waals surface area (Å²) in [6.45, 7) is 1.51. The molecule has 0 fully saturated rings. The second-order valence-electron chi connectivity index (χ2n) is 3.77. The molecule has 0 aliphatic heterocycles. The van der Waals surface area contributed by atoms with Crippen molar-refractivity contribution in [3.8, 4) is 0 Å². The van der Waals surface area contributed by atoms with Gasteiger partial charge in [0.15, 0.2) is 0 Å². The number of H-pyrrole nitrogens is 1. The molecule has 0 aliphatic carbocycles. The normalized spacial score (nSPS) is 12.4. The molecule has 1 aromatic heterocycles. The van der Waals surface area contributed by atoms with Gasteiger partial charge in [-0.3, -0.25) is 0 Å². The number of sulfonamides is 2. The first-order valence-corrected chi connectivity index (χ1v) is 8.70. The van der Waals surface area contributed by atoms with Gasteiger partial charge in [0.2, 0.25) is 20.0 Å². The summed E-state index contributed by atoms with van der Waals surface area (Å²) in [6, 6.07) is 0.948. The predicted octanol–water partition coefficient (Wildman–Crippen LogP) is -1.07. The fraction of sp³-hybridized carbons (Fsp3) is 0.444. The SMILES string of the molecule is CCNS(=O)(=O)CCNS(=O)(=O)c1c[nH]c(C(=O)O)c1. The van der Waals surface area contributed by atoms with Crippen molar-refractivity contribution in [2.75, 3.05) is 18.8 Å². The summed E-state index contributed by atoms with van der Waals surface area (Å²) in [6.07, 6.45) is 1.02. The van der Waals surface area contributed by atoms with Crippen molar-refractivity contribution in [3.63, 3.8) is 0 Å². The molecule has 0 aromatic carbocycles. The molecule has 1 aromatic rings. The Kier molecular flexibility index (Phi) is 5.28. The maximum Gasteiger partial charge on any atom is 0.352 e. The van der Waals surface area contributed by atoms with E-state index in [0.717, 1.165) is 12.3 Å². The Morgan fingerprint density at radius 2 is 1.95 bits per heavy atom. The highest BCUT2D eigenvalue weighted by atomic mass is 32.2. The molecule has 0 saturated heterocycles. The predicted molar refractivity (Wildman–Crippen MR) is 70.4 cm³/mol. The van der Waals surface area contributed by atoms with E-state index in [1.165, 1.54) is 0 Å². The smallest absolute Gasteiger partial charge is 0.352 e. The van der Waals surface area contributed by atoms with Gasteiger partial charge in [-0.25, -0.2) is 31.1 Å². The zero-order valence-electron chi connectivity index (χ0n) is 10.6. The molecule has 0 bridgehead atoms. The third-order valence-electron chi connectivity index (χ3n) is 2.22. The van der Waals surface area contributed by atoms with Crippen LogP contribution in [-0.4, -0.2) is 51.7 Å². The van der Waals surface area contributed by atoms with E-state index in [9.17, 15) is 21.6 Å². The minimum absolute atomic E-state index is 0.217. The number of rotatable bonds is 8. The Morgan fingerprint density at radius 1 is 1.30 bits per heavy atom. The molecule has 11 heteroatoms. The van der Waals surface area contributed by atoms with Crippen LogP contribution in [0.3, 0.4) is 0 Å². The first-order chi connectivity index (χ1) is 9.18. The van der Waals surface area contributed by atoms with Crippen LogP contribution in [0.25, 0.3) is 0 Å². The van der Waals surface area contributed by atoms with E-state index in [4.69, 9.17) is 5.11 Å². The molecule has 0 amide bonds. The molecule has 0 unspecified atom stereocenters. The van der Waals surface area contributed by atoms with Crippen LogP contribution < -0.4 is 9.44 Å². The van der Waals surface area contributed by atoms with Crippen LogP contribution in [0.2, 0.25) is 0 Å². The van der Waals surface area contributed by atoms with Crippen molar-refractivity contribution in [1.82, 2.24) is 14.4 Å². The van der Waals surface area contributed by atoms with E-state index in [-0.39, 0.29) is 23.7 Å². The summed E-state index contributed by atoms with van der Waals surface area (Å²) in [4.78, 5) is 12.6. The third-order valence-corrected chi connectivity index (χ3v) is 5.13. The van der Waals surface area contributed by atoms with Crippen molar-refractivity contribution in [3.05, 3.63) is 18.0 Å². The second kappa shape index (κ2) is 6.35. The van der Waals surface area contributed by atoms with Gasteiger partial charge in [0.05, 0.1) is 5.75 Å². The Bertz CT molecular complexity index is 676. The lowest BCUT2D eigenvalue weighted by atomic mass is 10.4. The lowest BCUT2D eigenvalue weighted by Crippen LogP contribution is -2.34. The minimum Gasteiger partial charge on any atom is -0.477 e. The number of aromatic amines is 1. The zero-order valence-corrected chi connectivity index (χ0v) is 12.2. The topological polar surface area (TPSA) is 145 Å². The Morgan fingerprint density at radius 3 is 2.45 bits per heavy atom. The summed E-state index contributed by atoms with van der Waals surface area (Å²) in [5, 5.41) is 8.67. The molecule has 1 heterocycles. The molecule has 0 saturated carbocycles. The van der Waals surface area contributed by atoms with Gasteiger partial charge in [-0.2, -0.15) is 0 Å². The zero-order chi connectivity index (χ0) is 15.4. The maximum atomic E-state index is 11.8. The van der Waals surface area contributed by atoms with Crippen LogP contribution in [0.5, 0.6) is 0 Å². The first kappa shape index (κ1) is 16.6. The largest absolute Gasteiger partial charge is 0.477 e. The van der Waals surface area contributed by atoms with E-state index < -0.39 is 31.8 Å².